The Labute approximate surface area is 87.5 Å². The topological polar surface area (TPSA) is 67.9 Å². The van der Waals surface area contributed by atoms with Crippen LogP contribution >= 0.6 is 0 Å². The number of hydrogen-bond acceptors (Lipinski definition) is 5. The van der Waals surface area contributed by atoms with Gasteiger partial charge in [0.15, 0.2) is 0 Å². The van der Waals surface area contributed by atoms with Crippen molar-refractivity contribution in [3.63, 3.8) is 0 Å². The van der Waals surface area contributed by atoms with E-state index in [-0.39, 0.29) is 5.95 Å². The van der Waals surface area contributed by atoms with Gasteiger partial charge in [-0.2, -0.15) is 4.98 Å². The van der Waals surface area contributed by atoms with Crippen LogP contribution in [0.25, 0.3) is 0 Å². The Morgan fingerprint density at radius 2 is 2.33 bits per heavy atom. The van der Waals surface area contributed by atoms with E-state index in [1.807, 2.05) is 4.90 Å². The van der Waals surface area contributed by atoms with Gasteiger partial charge in [0.05, 0.1) is 6.54 Å². The number of alkyl halides is 1. The van der Waals surface area contributed by atoms with Crippen LogP contribution in [0.15, 0.2) is 6.33 Å². The van der Waals surface area contributed by atoms with E-state index in [9.17, 15) is 4.39 Å². The second-order valence-corrected chi connectivity index (χ2v) is 4.08. The fraction of sp³-hybridized carbons (Fsp3) is 0.667. The molecule has 0 bridgehead atoms. The summed E-state index contributed by atoms with van der Waals surface area (Å²) < 4.78 is 13.8. The number of nitrogens with two attached hydrogens (primary N) is 1. The summed E-state index contributed by atoms with van der Waals surface area (Å²) in [6.45, 7) is 2.68. The fourth-order valence-electron chi connectivity index (χ4n) is 1.82. The third-order valence-electron chi connectivity index (χ3n) is 2.51. The number of rotatable bonds is 1. The highest BCUT2D eigenvalue weighted by Gasteiger charge is 2.31. The molecular weight excluding hydrogens is 197 g/mol. The number of nitrogen functional groups attached to an aromatic ring is 1. The van der Waals surface area contributed by atoms with E-state index in [0.29, 0.717) is 18.9 Å². The fourth-order valence-corrected chi connectivity index (χ4v) is 1.82. The molecule has 15 heavy (non-hydrogen) atoms. The van der Waals surface area contributed by atoms with E-state index in [0.717, 1.165) is 13.0 Å². The van der Waals surface area contributed by atoms with Gasteiger partial charge in [0.2, 0.25) is 11.9 Å². The maximum atomic E-state index is 13.8. The van der Waals surface area contributed by atoms with E-state index in [2.05, 4.69) is 15.0 Å². The lowest BCUT2D eigenvalue weighted by Gasteiger charge is -2.34. The van der Waals surface area contributed by atoms with Crippen molar-refractivity contribution in [1.82, 2.24) is 15.0 Å². The molecule has 82 valence electrons. The second kappa shape index (κ2) is 3.60. The Kier molecular flexibility index (Phi) is 2.42. The lowest BCUT2D eigenvalue weighted by Crippen LogP contribution is -2.44. The molecule has 6 heteroatoms. The molecule has 5 nitrogen and oxygen atoms in total. The van der Waals surface area contributed by atoms with Gasteiger partial charge in [-0.25, -0.2) is 14.4 Å². The van der Waals surface area contributed by atoms with Crippen LogP contribution in [0.3, 0.4) is 0 Å². The Balaban J connectivity index is 2.17. The van der Waals surface area contributed by atoms with Gasteiger partial charge in [-0.15, -0.1) is 0 Å². The third-order valence-corrected chi connectivity index (χ3v) is 2.51. The van der Waals surface area contributed by atoms with Crippen LogP contribution < -0.4 is 10.6 Å². The molecule has 0 radical (unpaired) electrons. The lowest BCUT2D eigenvalue weighted by molar-refractivity contribution is 0.159. The minimum absolute atomic E-state index is 0.172. The van der Waals surface area contributed by atoms with Crippen molar-refractivity contribution in [2.45, 2.75) is 25.4 Å². The monoisotopic (exact) mass is 211 g/mol. The molecule has 0 aromatic carbocycles. The minimum atomic E-state index is -1.17. The average molecular weight is 211 g/mol. The predicted molar refractivity (Wildman–Crippen MR) is 55.2 cm³/mol. The zero-order valence-electron chi connectivity index (χ0n) is 8.65. The van der Waals surface area contributed by atoms with Gasteiger partial charge in [0, 0.05) is 6.54 Å². The SMILES string of the molecule is C[C@]1(F)CCCN(c2ncnc(N)n2)C1. The summed E-state index contributed by atoms with van der Waals surface area (Å²) in [6.07, 6.45) is 2.74. The average Bonchev–Trinajstić information content (AvgIpc) is 2.16. The van der Waals surface area contributed by atoms with Gasteiger partial charge in [-0.3, -0.25) is 0 Å². The normalized spacial score (nSPS) is 26.7. The van der Waals surface area contributed by atoms with Crippen LogP contribution in [0.4, 0.5) is 16.3 Å². The van der Waals surface area contributed by atoms with Gasteiger partial charge in [0.25, 0.3) is 0 Å². The number of halogens is 1. The van der Waals surface area contributed by atoms with Crippen LogP contribution in [0.5, 0.6) is 0 Å². The van der Waals surface area contributed by atoms with Crippen molar-refractivity contribution in [3.05, 3.63) is 6.33 Å². The molecule has 2 heterocycles. The molecule has 1 aliphatic heterocycles. The zero-order valence-corrected chi connectivity index (χ0v) is 8.65. The first-order valence-electron chi connectivity index (χ1n) is 4.95. The summed E-state index contributed by atoms with van der Waals surface area (Å²) >= 11 is 0. The first kappa shape index (κ1) is 10.1. The van der Waals surface area contributed by atoms with Crippen LogP contribution in [0.2, 0.25) is 0 Å². The highest BCUT2D eigenvalue weighted by molar-refractivity contribution is 5.34. The Morgan fingerprint density at radius 3 is 3.00 bits per heavy atom. The molecule has 1 fully saturated rings. The van der Waals surface area contributed by atoms with E-state index in [4.69, 9.17) is 5.73 Å². The standard InChI is InChI=1S/C9H14FN5/c1-9(10)3-2-4-15(5-9)8-13-6-12-7(11)14-8/h6H,2-5H2,1H3,(H2,11,12,13,14)/t9-/m0/s1. The molecule has 2 N–H and O–H groups in total. The molecular formula is C9H14FN5. The summed E-state index contributed by atoms with van der Waals surface area (Å²) in [5.41, 5.74) is 4.28. The van der Waals surface area contributed by atoms with E-state index < -0.39 is 5.67 Å². The van der Waals surface area contributed by atoms with Crippen LogP contribution in [0, 0.1) is 0 Å². The summed E-state index contributed by atoms with van der Waals surface area (Å²) in [6, 6.07) is 0. The summed E-state index contributed by atoms with van der Waals surface area (Å²) in [4.78, 5) is 13.5. The number of piperidine rings is 1. The predicted octanol–water partition coefficient (Wildman–Crippen LogP) is 0.782. The number of anilines is 2. The summed E-state index contributed by atoms with van der Waals surface area (Å²) in [5.74, 6) is 0.636. The number of nitrogens with zero attached hydrogens (tertiary/aromatic N) is 4. The van der Waals surface area contributed by atoms with Gasteiger partial charge >= 0.3 is 0 Å². The zero-order chi connectivity index (χ0) is 10.9. The van der Waals surface area contributed by atoms with E-state index in [1.54, 1.807) is 6.92 Å². The first-order chi connectivity index (χ1) is 7.07. The van der Waals surface area contributed by atoms with Crippen molar-refractivity contribution in [3.8, 4) is 0 Å². The maximum absolute atomic E-state index is 13.8. The maximum Gasteiger partial charge on any atom is 0.230 e. The smallest absolute Gasteiger partial charge is 0.230 e. The minimum Gasteiger partial charge on any atom is -0.368 e. The van der Waals surface area contributed by atoms with Crippen LogP contribution in [-0.2, 0) is 0 Å². The molecule has 1 aromatic heterocycles. The van der Waals surface area contributed by atoms with Gasteiger partial charge in [0.1, 0.15) is 12.0 Å². The van der Waals surface area contributed by atoms with Crippen LogP contribution in [0.1, 0.15) is 19.8 Å². The second-order valence-electron chi connectivity index (χ2n) is 4.08. The summed E-state index contributed by atoms with van der Waals surface area (Å²) in [7, 11) is 0. The Morgan fingerprint density at radius 1 is 1.53 bits per heavy atom. The number of aromatic nitrogens is 3. The molecule has 0 unspecified atom stereocenters. The highest BCUT2D eigenvalue weighted by atomic mass is 19.1. The van der Waals surface area contributed by atoms with Gasteiger partial charge in [-0.1, -0.05) is 0 Å². The van der Waals surface area contributed by atoms with Gasteiger partial charge in [-0.05, 0) is 19.8 Å². The van der Waals surface area contributed by atoms with E-state index >= 15 is 0 Å². The first-order valence-corrected chi connectivity index (χ1v) is 4.95. The van der Waals surface area contributed by atoms with Crippen molar-refractivity contribution in [1.29, 1.82) is 0 Å². The molecule has 1 atom stereocenters. The molecule has 2 rings (SSSR count). The Bertz CT molecular complexity index is 354. The van der Waals surface area contributed by atoms with Crippen molar-refractivity contribution in [2.24, 2.45) is 0 Å². The summed E-state index contributed by atoms with van der Waals surface area (Å²) in [5, 5.41) is 0. The quantitative estimate of drug-likeness (QED) is 0.743. The highest BCUT2D eigenvalue weighted by Crippen LogP contribution is 2.26. The van der Waals surface area contributed by atoms with Crippen molar-refractivity contribution >= 4 is 11.9 Å². The lowest BCUT2D eigenvalue weighted by atomic mass is 9.97. The third kappa shape index (κ3) is 2.31. The molecule has 1 aliphatic rings. The van der Waals surface area contributed by atoms with Crippen LogP contribution in [-0.4, -0.2) is 33.7 Å². The molecule has 0 saturated carbocycles. The molecule has 0 spiro atoms. The van der Waals surface area contributed by atoms with Crippen molar-refractivity contribution < 1.29 is 4.39 Å². The van der Waals surface area contributed by atoms with Gasteiger partial charge < -0.3 is 10.6 Å². The molecule has 0 amide bonds. The molecule has 1 saturated heterocycles. The molecule has 1 aromatic rings. The van der Waals surface area contributed by atoms with Crippen molar-refractivity contribution in [2.75, 3.05) is 23.7 Å². The molecule has 0 aliphatic carbocycles. The van der Waals surface area contributed by atoms with E-state index in [1.165, 1.54) is 6.33 Å². The largest absolute Gasteiger partial charge is 0.368 e. The number of hydrogen-bond donors (Lipinski definition) is 1. The Hall–Kier alpha value is -1.46.